The zero-order chi connectivity index (χ0) is 16.6. The number of nitrogens with one attached hydrogen (secondary N) is 1. The molecular formula is C14H18FNO6. The molecule has 1 aromatic carbocycles. The summed E-state index contributed by atoms with van der Waals surface area (Å²) in [7, 11) is 0. The van der Waals surface area contributed by atoms with Crippen LogP contribution in [0.4, 0.5) is 4.39 Å². The van der Waals surface area contributed by atoms with Gasteiger partial charge in [-0.05, 0) is 24.6 Å². The molecule has 2 rings (SSSR count). The largest absolute Gasteiger partial charge is 0.388 e. The summed E-state index contributed by atoms with van der Waals surface area (Å²) in [5, 5.41) is 50.6. The number of benzene rings is 1. The van der Waals surface area contributed by atoms with Crippen molar-refractivity contribution in [2.75, 3.05) is 0 Å². The molecule has 122 valence electrons. The lowest BCUT2D eigenvalue weighted by atomic mass is 9.83. The van der Waals surface area contributed by atoms with E-state index >= 15 is 0 Å². The van der Waals surface area contributed by atoms with E-state index in [9.17, 15) is 34.7 Å². The highest BCUT2D eigenvalue weighted by molar-refractivity contribution is 5.95. The van der Waals surface area contributed by atoms with Crippen molar-refractivity contribution in [3.05, 3.63) is 35.1 Å². The fraction of sp³-hybridized carbons (Fsp3) is 0.500. The minimum atomic E-state index is -1.74. The zero-order valence-electron chi connectivity index (χ0n) is 11.7. The van der Waals surface area contributed by atoms with Crippen LogP contribution in [0.15, 0.2) is 18.2 Å². The average Bonchev–Trinajstić information content (AvgIpc) is 2.50. The molecule has 7 nitrogen and oxygen atoms in total. The van der Waals surface area contributed by atoms with Crippen LogP contribution >= 0.6 is 0 Å². The van der Waals surface area contributed by atoms with Gasteiger partial charge < -0.3 is 30.8 Å². The van der Waals surface area contributed by atoms with Crippen LogP contribution in [0.3, 0.4) is 0 Å². The molecule has 0 spiro atoms. The van der Waals surface area contributed by atoms with E-state index in [1.165, 1.54) is 25.1 Å². The van der Waals surface area contributed by atoms with Gasteiger partial charge in [0.15, 0.2) is 0 Å². The van der Waals surface area contributed by atoms with Crippen LogP contribution in [0.25, 0.3) is 0 Å². The van der Waals surface area contributed by atoms with Crippen molar-refractivity contribution in [2.24, 2.45) is 0 Å². The van der Waals surface area contributed by atoms with E-state index in [0.717, 1.165) is 0 Å². The first-order valence-corrected chi connectivity index (χ1v) is 6.72. The van der Waals surface area contributed by atoms with Crippen molar-refractivity contribution in [1.82, 2.24) is 5.32 Å². The van der Waals surface area contributed by atoms with Crippen molar-refractivity contribution in [3.8, 4) is 0 Å². The molecule has 6 N–H and O–H groups in total. The predicted octanol–water partition coefficient (Wildman–Crippen LogP) is -1.95. The van der Waals surface area contributed by atoms with Gasteiger partial charge in [-0.15, -0.1) is 0 Å². The first-order chi connectivity index (χ1) is 10.3. The van der Waals surface area contributed by atoms with Crippen molar-refractivity contribution in [2.45, 2.75) is 43.5 Å². The number of aliphatic hydroxyl groups excluding tert-OH is 5. The van der Waals surface area contributed by atoms with Crippen LogP contribution in [0, 0.1) is 12.7 Å². The molecule has 6 atom stereocenters. The van der Waals surface area contributed by atoms with Gasteiger partial charge in [0.05, 0.1) is 6.04 Å². The maximum atomic E-state index is 13.5. The summed E-state index contributed by atoms with van der Waals surface area (Å²) >= 11 is 0. The van der Waals surface area contributed by atoms with E-state index in [-0.39, 0.29) is 11.1 Å². The molecule has 0 aliphatic heterocycles. The molecule has 1 amide bonds. The molecule has 1 saturated carbocycles. The predicted molar refractivity (Wildman–Crippen MR) is 72.4 cm³/mol. The van der Waals surface area contributed by atoms with Crippen molar-refractivity contribution < 1.29 is 34.7 Å². The molecular weight excluding hydrogens is 297 g/mol. The Morgan fingerprint density at radius 2 is 1.50 bits per heavy atom. The fourth-order valence-corrected chi connectivity index (χ4v) is 2.49. The number of rotatable bonds is 2. The number of halogens is 1. The lowest BCUT2D eigenvalue weighted by Gasteiger charge is -2.42. The summed E-state index contributed by atoms with van der Waals surface area (Å²) in [6.45, 7) is 1.39. The van der Waals surface area contributed by atoms with Crippen molar-refractivity contribution in [3.63, 3.8) is 0 Å². The van der Waals surface area contributed by atoms with Gasteiger partial charge in [0.1, 0.15) is 36.3 Å². The number of hydrogen-bond acceptors (Lipinski definition) is 6. The maximum Gasteiger partial charge on any atom is 0.252 e. The molecule has 1 aromatic rings. The third kappa shape index (κ3) is 2.83. The van der Waals surface area contributed by atoms with E-state index in [1.807, 2.05) is 0 Å². The van der Waals surface area contributed by atoms with Crippen LogP contribution in [-0.2, 0) is 0 Å². The van der Waals surface area contributed by atoms with Gasteiger partial charge in [0, 0.05) is 5.56 Å². The number of carbonyl (C=O) groups is 1. The highest BCUT2D eigenvalue weighted by Gasteiger charge is 2.48. The Labute approximate surface area is 125 Å². The van der Waals surface area contributed by atoms with Gasteiger partial charge >= 0.3 is 0 Å². The number of hydrogen-bond donors (Lipinski definition) is 6. The smallest absolute Gasteiger partial charge is 0.252 e. The Kier molecular flexibility index (Phi) is 4.78. The molecule has 0 radical (unpaired) electrons. The quantitative estimate of drug-likeness (QED) is 0.376. The fourth-order valence-electron chi connectivity index (χ4n) is 2.49. The lowest BCUT2D eigenvalue weighted by molar-refractivity contribution is -0.188. The van der Waals surface area contributed by atoms with E-state index in [2.05, 4.69) is 5.32 Å². The maximum absolute atomic E-state index is 13.5. The zero-order valence-corrected chi connectivity index (χ0v) is 11.7. The van der Waals surface area contributed by atoms with Gasteiger partial charge in [-0.3, -0.25) is 4.79 Å². The van der Waals surface area contributed by atoms with Crippen LogP contribution in [0.2, 0.25) is 0 Å². The third-order valence-electron chi connectivity index (χ3n) is 3.95. The summed E-state index contributed by atoms with van der Waals surface area (Å²) in [6, 6.07) is 2.46. The van der Waals surface area contributed by atoms with Crippen LogP contribution in [-0.4, -0.2) is 68.0 Å². The Bertz CT molecular complexity index is 552. The van der Waals surface area contributed by atoms with Gasteiger partial charge in [-0.2, -0.15) is 0 Å². The monoisotopic (exact) mass is 315 g/mol. The van der Waals surface area contributed by atoms with Crippen molar-refractivity contribution in [1.29, 1.82) is 0 Å². The third-order valence-corrected chi connectivity index (χ3v) is 3.95. The Morgan fingerprint density at radius 1 is 1.00 bits per heavy atom. The molecule has 0 heterocycles. The Hall–Kier alpha value is -1.58. The van der Waals surface area contributed by atoms with Gasteiger partial charge in [0.25, 0.3) is 5.91 Å². The van der Waals surface area contributed by atoms with Crippen LogP contribution in [0.5, 0.6) is 0 Å². The first-order valence-electron chi connectivity index (χ1n) is 6.72. The minimum Gasteiger partial charge on any atom is -0.388 e. The summed E-state index contributed by atoms with van der Waals surface area (Å²) in [6.07, 6.45) is -8.60. The van der Waals surface area contributed by atoms with E-state index in [4.69, 9.17) is 0 Å². The second kappa shape index (κ2) is 6.27. The van der Waals surface area contributed by atoms with Crippen molar-refractivity contribution >= 4 is 5.91 Å². The molecule has 1 aliphatic carbocycles. The molecule has 22 heavy (non-hydrogen) atoms. The standard InChI is InChI=1S/C14H18FNO6/c1-5-6(3-2-4-7(5)15)14(22)16-8-9(17)11(19)13(21)12(20)10(8)18/h2-4,8-13,17-21H,1H3,(H,16,22)/t8?,9-,10+,11+,12-,13?. The van der Waals surface area contributed by atoms with E-state index < -0.39 is 48.3 Å². The van der Waals surface area contributed by atoms with Gasteiger partial charge in [0.2, 0.25) is 0 Å². The molecule has 8 heteroatoms. The van der Waals surface area contributed by atoms with Gasteiger partial charge in [-0.25, -0.2) is 4.39 Å². The highest BCUT2D eigenvalue weighted by atomic mass is 19.1. The van der Waals surface area contributed by atoms with E-state index in [1.54, 1.807) is 0 Å². The molecule has 1 fully saturated rings. The average molecular weight is 315 g/mol. The minimum absolute atomic E-state index is 0.00509. The summed E-state index contributed by atoms with van der Waals surface area (Å²) in [5.41, 5.74) is 0.0791. The summed E-state index contributed by atoms with van der Waals surface area (Å²) < 4.78 is 13.5. The normalized spacial score (nSPS) is 35.2. The topological polar surface area (TPSA) is 130 Å². The lowest BCUT2D eigenvalue weighted by Crippen LogP contribution is -2.68. The second-order valence-corrected chi connectivity index (χ2v) is 5.36. The number of aliphatic hydroxyl groups is 5. The molecule has 0 saturated heterocycles. The summed E-state index contributed by atoms with van der Waals surface area (Å²) in [5.74, 6) is -1.37. The molecule has 0 bridgehead atoms. The molecule has 1 aliphatic rings. The number of carbonyl (C=O) groups excluding carboxylic acids is 1. The SMILES string of the molecule is Cc1c(F)cccc1C(=O)NC1[C@@H](O)[C@H](O)C(O)[C@H](O)[C@H]1O. The van der Waals surface area contributed by atoms with Crippen LogP contribution in [0.1, 0.15) is 15.9 Å². The van der Waals surface area contributed by atoms with Gasteiger partial charge in [-0.1, -0.05) is 6.07 Å². The molecule has 2 unspecified atom stereocenters. The Balaban J connectivity index is 2.21. The highest BCUT2D eigenvalue weighted by Crippen LogP contribution is 2.22. The summed E-state index contributed by atoms with van der Waals surface area (Å²) in [4.78, 5) is 12.1. The first kappa shape index (κ1) is 16.8. The molecule has 0 aromatic heterocycles. The number of amides is 1. The second-order valence-electron chi connectivity index (χ2n) is 5.36. The van der Waals surface area contributed by atoms with Crippen LogP contribution < -0.4 is 5.32 Å². The Morgan fingerprint density at radius 3 is 2.05 bits per heavy atom. The van der Waals surface area contributed by atoms with E-state index in [0.29, 0.717) is 0 Å².